The Morgan fingerprint density at radius 2 is 1.76 bits per heavy atom. The van der Waals surface area contributed by atoms with E-state index >= 15 is 0 Å². The number of hydrogen-bond donors (Lipinski definition) is 0. The molecule has 0 bridgehead atoms. The molecular weight excluding hydrogens is 379 g/mol. The predicted molar refractivity (Wildman–Crippen MR) is 107 cm³/mol. The lowest BCUT2D eigenvalue weighted by Crippen LogP contribution is -2.46. The summed E-state index contributed by atoms with van der Waals surface area (Å²) in [6.07, 6.45) is -2.77. The Bertz CT molecular complexity index is 1030. The number of piperazine rings is 1. The molecule has 1 saturated heterocycles. The smallest absolute Gasteiger partial charge is 0.368 e. The summed E-state index contributed by atoms with van der Waals surface area (Å²) >= 11 is 0. The van der Waals surface area contributed by atoms with Crippen molar-refractivity contribution < 1.29 is 13.2 Å². The van der Waals surface area contributed by atoms with E-state index in [2.05, 4.69) is 26.8 Å². The van der Waals surface area contributed by atoms with Crippen LogP contribution in [0.5, 0.6) is 0 Å². The number of anilines is 1. The molecule has 4 rings (SSSR count). The molecule has 1 aliphatic heterocycles. The first-order valence-corrected chi connectivity index (χ1v) is 9.66. The van der Waals surface area contributed by atoms with Crippen molar-refractivity contribution in [2.75, 3.05) is 31.1 Å². The van der Waals surface area contributed by atoms with Crippen molar-refractivity contribution in [1.82, 2.24) is 19.7 Å². The van der Waals surface area contributed by atoms with E-state index in [-0.39, 0.29) is 0 Å². The Hall–Kier alpha value is -2.61. The molecule has 2 aromatic heterocycles. The van der Waals surface area contributed by atoms with Crippen LogP contribution in [0.4, 0.5) is 18.9 Å². The van der Waals surface area contributed by atoms with Gasteiger partial charge in [0.2, 0.25) is 0 Å². The minimum absolute atomic E-state index is 0.376. The molecule has 3 aromatic rings. The molecule has 1 aromatic carbocycles. The molecular formula is C21H24F3N5. The molecule has 0 N–H and O–H groups in total. The number of benzene rings is 1. The number of aromatic nitrogens is 3. The second-order valence-corrected chi connectivity index (χ2v) is 7.60. The van der Waals surface area contributed by atoms with E-state index in [4.69, 9.17) is 0 Å². The molecule has 8 heteroatoms. The molecule has 0 atom stereocenters. The van der Waals surface area contributed by atoms with Crippen LogP contribution in [-0.4, -0.2) is 45.8 Å². The SMILES string of the molecule is Cc1nn(C)c(C)c1CN1CCN(c2ccnc3cc(C(F)(F)F)ccc23)CC1. The van der Waals surface area contributed by atoms with Gasteiger partial charge in [0.25, 0.3) is 0 Å². The summed E-state index contributed by atoms with van der Waals surface area (Å²) in [5.74, 6) is 0. The van der Waals surface area contributed by atoms with E-state index in [1.807, 2.05) is 24.7 Å². The highest BCUT2D eigenvalue weighted by molar-refractivity contribution is 5.92. The molecule has 154 valence electrons. The average molecular weight is 403 g/mol. The fourth-order valence-electron chi connectivity index (χ4n) is 4.00. The molecule has 29 heavy (non-hydrogen) atoms. The van der Waals surface area contributed by atoms with Crippen LogP contribution in [0.2, 0.25) is 0 Å². The van der Waals surface area contributed by atoms with Crippen LogP contribution < -0.4 is 4.90 Å². The third-order valence-electron chi connectivity index (χ3n) is 5.80. The average Bonchev–Trinajstić information content (AvgIpc) is 2.93. The molecule has 3 heterocycles. The largest absolute Gasteiger partial charge is 0.416 e. The van der Waals surface area contributed by atoms with E-state index in [1.54, 1.807) is 6.20 Å². The molecule has 0 unspecified atom stereocenters. The lowest BCUT2D eigenvalue weighted by atomic mass is 10.1. The van der Waals surface area contributed by atoms with Crippen LogP contribution in [0.1, 0.15) is 22.5 Å². The van der Waals surface area contributed by atoms with Gasteiger partial charge in [-0.05, 0) is 32.0 Å². The Balaban J connectivity index is 1.50. The van der Waals surface area contributed by atoms with Crippen LogP contribution in [0, 0.1) is 13.8 Å². The molecule has 0 spiro atoms. The molecule has 0 saturated carbocycles. The minimum Gasteiger partial charge on any atom is -0.368 e. The fourth-order valence-corrected chi connectivity index (χ4v) is 4.00. The number of alkyl halides is 3. The highest BCUT2D eigenvalue weighted by Gasteiger charge is 2.31. The normalized spacial score (nSPS) is 16.0. The van der Waals surface area contributed by atoms with Gasteiger partial charge in [-0.1, -0.05) is 6.07 Å². The van der Waals surface area contributed by atoms with Crippen molar-refractivity contribution in [3.63, 3.8) is 0 Å². The third kappa shape index (κ3) is 3.81. The number of hydrogen-bond acceptors (Lipinski definition) is 4. The Morgan fingerprint density at radius 3 is 2.38 bits per heavy atom. The van der Waals surface area contributed by atoms with Crippen molar-refractivity contribution in [2.24, 2.45) is 7.05 Å². The standard InChI is InChI=1S/C21H24F3N5/c1-14-18(15(2)27(3)26-14)13-28-8-10-29(11-9-28)20-6-7-25-19-12-16(21(22,23)24)4-5-17(19)20/h4-7,12H,8-11,13H2,1-3H3. The van der Waals surface area contributed by atoms with Crippen molar-refractivity contribution in [2.45, 2.75) is 26.6 Å². The summed E-state index contributed by atoms with van der Waals surface area (Å²) < 4.78 is 40.9. The maximum Gasteiger partial charge on any atom is 0.416 e. The zero-order valence-corrected chi connectivity index (χ0v) is 16.8. The lowest BCUT2D eigenvalue weighted by molar-refractivity contribution is -0.137. The first-order chi connectivity index (χ1) is 13.7. The van der Waals surface area contributed by atoms with Gasteiger partial charge in [0.05, 0.1) is 16.8 Å². The van der Waals surface area contributed by atoms with Gasteiger partial charge in [0, 0.05) is 68.3 Å². The Morgan fingerprint density at radius 1 is 1.03 bits per heavy atom. The molecule has 1 aliphatic rings. The number of aryl methyl sites for hydroxylation is 2. The number of halogens is 3. The van der Waals surface area contributed by atoms with E-state index in [0.29, 0.717) is 5.52 Å². The molecule has 0 aliphatic carbocycles. The third-order valence-corrected chi connectivity index (χ3v) is 5.80. The van der Waals surface area contributed by atoms with Crippen LogP contribution in [0.3, 0.4) is 0 Å². The number of pyridine rings is 1. The van der Waals surface area contributed by atoms with Crippen molar-refractivity contribution in [3.8, 4) is 0 Å². The fraction of sp³-hybridized carbons (Fsp3) is 0.429. The van der Waals surface area contributed by atoms with E-state index < -0.39 is 11.7 Å². The highest BCUT2D eigenvalue weighted by atomic mass is 19.4. The molecule has 1 fully saturated rings. The number of nitrogens with zero attached hydrogens (tertiary/aromatic N) is 5. The van der Waals surface area contributed by atoms with Crippen LogP contribution >= 0.6 is 0 Å². The van der Waals surface area contributed by atoms with Gasteiger partial charge in [-0.3, -0.25) is 14.6 Å². The molecule has 0 radical (unpaired) electrons. The zero-order valence-electron chi connectivity index (χ0n) is 16.8. The maximum absolute atomic E-state index is 13.0. The predicted octanol–water partition coefficient (Wildman–Crippen LogP) is 3.93. The van der Waals surface area contributed by atoms with Gasteiger partial charge in [0.15, 0.2) is 0 Å². The van der Waals surface area contributed by atoms with Crippen LogP contribution in [-0.2, 0) is 19.8 Å². The monoisotopic (exact) mass is 403 g/mol. The van der Waals surface area contributed by atoms with Gasteiger partial charge >= 0.3 is 6.18 Å². The van der Waals surface area contributed by atoms with Crippen molar-refractivity contribution in [1.29, 1.82) is 0 Å². The van der Waals surface area contributed by atoms with Crippen molar-refractivity contribution in [3.05, 3.63) is 53.0 Å². The van der Waals surface area contributed by atoms with E-state index in [9.17, 15) is 13.2 Å². The first kappa shape index (κ1) is 19.7. The van der Waals surface area contributed by atoms with Gasteiger partial charge < -0.3 is 4.90 Å². The summed E-state index contributed by atoms with van der Waals surface area (Å²) in [5, 5.41) is 5.25. The lowest BCUT2D eigenvalue weighted by Gasteiger charge is -2.36. The summed E-state index contributed by atoms with van der Waals surface area (Å²) in [5.41, 5.74) is 4.17. The van der Waals surface area contributed by atoms with Crippen molar-refractivity contribution >= 4 is 16.6 Å². The van der Waals surface area contributed by atoms with Gasteiger partial charge in [-0.25, -0.2) is 0 Å². The van der Waals surface area contributed by atoms with Crippen LogP contribution in [0.15, 0.2) is 30.5 Å². The molecule has 0 amide bonds. The van der Waals surface area contributed by atoms with Gasteiger partial charge in [-0.15, -0.1) is 0 Å². The summed E-state index contributed by atoms with van der Waals surface area (Å²) in [7, 11) is 1.96. The molecule has 5 nitrogen and oxygen atoms in total. The van der Waals surface area contributed by atoms with Gasteiger partial charge in [0.1, 0.15) is 0 Å². The summed E-state index contributed by atoms with van der Waals surface area (Å²) in [6, 6.07) is 5.69. The Kier molecular flexibility index (Phi) is 4.98. The summed E-state index contributed by atoms with van der Waals surface area (Å²) in [4.78, 5) is 8.79. The number of rotatable bonds is 3. The maximum atomic E-state index is 13.0. The zero-order chi connectivity index (χ0) is 20.8. The van der Waals surface area contributed by atoms with Crippen LogP contribution in [0.25, 0.3) is 10.9 Å². The number of fused-ring (bicyclic) bond motifs is 1. The second-order valence-electron chi connectivity index (χ2n) is 7.60. The van der Waals surface area contributed by atoms with E-state index in [0.717, 1.165) is 61.6 Å². The van der Waals surface area contributed by atoms with E-state index in [1.165, 1.54) is 17.3 Å². The highest BCUT2D eigenvalue weighted by Crippen LogP contribution is 2.33. The quantitative estimate of drug-likeness (QED) is 0.664. The van der Waals surface area contributed by atoms with Gasteiger partial charge in [-0.2, -0.15) is 18.3 Å². The second kappa shape index (κ2) is 7.33. The minimum atomic E-state index is -4.36. The Labute approximate surface area is 167 Å². The summed E-state index contributed by atoms with van der Waals surface area (Å²) in [6.45, 7) is 8.40. The topological polar surface area (TPSA) is 37.2 Å². The first-order valence-electron chi connectivity index (χ1n) is 9.66.